The number of para-hydroxylation sites is 1. The summed E-state index contributed by atoms with van der Waals surface area (Å²) < 4.78 is 2.68. The first-order valence-electron chi connectivity index (χ1n) is 24.7. The molecule has 0 bridgehead atoms. The fourth-order valence-corrected chi connectivity index (χ4v) is 14.4. The first kappa shape index (κ1) is 39.3. The third-order valence-corrected chi connectivity index (χ3v) is 17.5. The predicted molar refractivity (Wildman–Crippen MR) is 290 cm³/mol. The molecular formula is C66H48N2S. The quantitative estimate of drug-likeness (QED) is 0.164. The van der Waals surface area contributed by atoms with Crippen LogP contribution in [0.1, 0.15) is 51.4 Å². The summed E-state index contributed by atoms with van der Waals surface area (Å²) in [6.07, 6.45) is 9.78. The van der Waals surface area contributed by atoms with E-state index in [4.69, 9.17) is 0 Å². The highest BCUT2D eigenvalue weighted by atomic mass is 32.1. The molecule has 9 aromatic carbocycles. The zero-order valence-electron chi connectivity index (χ0n) is 38.1. The van der Waals surface area contributed by atoms with Gasteiger partial charge < -0.3 is 9.80 Å². The Hall–Kier alpha value is -7.72. The van der Waals surface area contributed by atoms with Crippen LogP contribution in [0.2, 0.25) is 0 Å². The maximum absolute atomic E-state index is 2.78. The molecular weight excluding hydrogens is 853 g/mol. The van der Waals surface area contributed by atoms with Crippen molar-refractivity contribution in [3.05, 3.63) is 264 Å². The molecule has 3 heterocycles. The van der Waals surface area contributed by atoms with Crippen LogP contribution in [-0.4, -0.2) is 6.04 Å². The molecule has 10 aromatic rings. The highest BCUT2D eigenvalue weighted by molar-refractivity contribution is 7.25. The first-order chi connectivity index (χ1) is 34.2. The maximum atomic E-state index is 2.78. The molecule has 15 rings (SSSR count). The monoisotopic (exact) mass is 900 g/mol. The lowest BCUT2D eigenvalue weighted by atomic mass is 9.81. The SMILES string of the molecule is C1=CC2C(C=C1c1ccc3sc4ccc(-c5ccc6c(c5)C5Cc7ccccc7C5N6c5ccccc5)cc4c3c1)C1Cc3ccccc3C1N2c1cc(-c2ccccc2)cc(-c2ccccc2)c1. The average Bonchev–Trinajstić information content (AvgIpc) is 4.23. The largest absolute Gasteiger partial charge is 0.357 e. The first-order valence-corrected chi connectivity index (χ1v) is 25.6. The number of anilines is 3. The normalized spacial score (nSPS) is 21.5. The van der Waals surface area contributed by atoms with Crippen LogP contribution in [0.25, 0.3) is 59.1 Å². The van der Waals surface area contributed by atoms with Gasteiger partial charge in [-0.25, -0.2) is 0 Å². The summed E-state index contributed by atoms with van der Waals surface area (Å²) in [4.78, 5) is 5.38. The van der Waals surface area contributed by atoms with Crippen molar-refractivity contribution in [2.24, 2.45) is 11.8 Å². The van der Waals surface area contributed by atoms with E-state index in [1.807, 2.05) is 11.3 Å². The lowest BCUT2D eigenvalue weighted by molar-refractivity contribution is 0.441. The summed E-state index contributed by atoms with van der Waals surface area (Å²) in [5, 5.41) is 2.69. The Kier molecular flexibility index (Phi) is 8.77. The topological polar surface area (TPSA) is 6.48 Å². The number of hydrogen-bond acceptors (Lipinski definition) is 3. The Morgan fingerprint density at radius 3 is 1.71 bits per heavy atom. The van der Waals surface area contributed by atoms with E-state index in [0.29, 0.717) is 29.8 Å². The number of allylic oxidation sites excluding steroid dienone is 2. The molecule has 5 aliphatic rings. The summed E-state index contributed by atoms with van der Waals surface area (Å²) in [6.45, 7) is 0. The van der Waals surface area contributed by atoms with Gasteiger partial charge in [0.15, 0.2) is 0 Å². The maximum Gasteiger partial charge on any atom is 0.0666 e. The van der Waals surface area contributed by atoms with Gasteiger partial charge in [-0.05, 0) is 158 Å². The minimum Gasteiger partial charge on any atom is -0.357 e. The molecule has 0 saturated carbocycles. The van der Waals surface area contributed by atoms with Gasteiger partial charge in [0.25, 0.3) is 0 Å². The number of fused-ring (bicyclic) bond motifs is 13. The van der Waals surface area contributed by atoms with Gasteiger partial charge in [0.05, 0.1) is 18.1 Å². The second-order valence-electron chi connectivity index (χ2n) is 19.9. The Bertz CT molecular complexity index is 3680. The molecule has 1 saturated heterocycles. The molecule has 6 atom stereocenters. The molecule has 0 N–H and O–H groups in total. The number of thiophene rings is 1. The van der Waals surface area contributed by atoms with E-state index in [1.54, 1.807) is 0 Å². The van der Waals surface area contributed by atoms with E-state index in [0.717, 1.165) is 12.8 Å². The molecule has 1 aromatic heterocycles. The van der Waals surface area contributed by atoms with Gasteiger partial charge in [0.2, 0.25) is 0 Å². The zero-order chi connectivity index (χ0) is 45.2. The number of rotatable bonds is 6. The number of benzene rings is 9. The molecule has 2 aliphatic heterocycles. The molecule has 1 fully saturated rings. The molecule has 3 heteroatoms. The fourth-order valence-electron chi connectivity index (χ4n) is 13.3. The second-order valence-corrected chi connectivity index (χ2v) is 21.0. The van der Waals surface area contributed by atoms with Gasteiger partial charge >= 0.3 is 0 Å². The lowest BCUT2D eigenvalue weighted by Crippen LogP contribution is -2.33. The Morgan fingerprint density at radius 2 is 1.00 bits per heavy atom. The van der Waals surface area contributed by atoms with E-state index in [2.05, 4.69) is 240 Å². The Balaban J connectivity index is 0.799. The van der Waals surface area contributed by atoms with E-state index in [1.165, 1.54) is 110 Å². The second kappa shape index (κ2) is 15.4. The smallest absolute Gasteiger partial charge is 0.0666 e. The van der Waals surface area contributed by atoms with Crippen LogP contribution in [0.15, 0.2) is 231 Å². The minimum atomic E-state index is 0.251. The van der Waals surface area contributed by atoms with E-state index >= 15 is 0 Å². The standard InChI is InChI=1S/C66H48N2S/c1-4-14-41(15-5-1)49-32-50(42-16-6-2-7-17-42)34-52(33-49)68-62-29-25-44(36-56(62)60-40-48-19-11-13-23-54(48)66(60)68)46-27-31-64-58(38-46)57-37-45(26-30-63(57)69-64)43-24-28-61-55(35-43)59-39-47-18-10-12-22-53(47)65(59)67(61)51-20-8-3-9-21-51/h1-38,56,59-60,62,65-66H,39-40H2. The van der Waals surface area contributed by atoms with Crippen molar-refractivity contribution < 1.29 is 0 Å². The van der Waals surface area contributed by atoms with E-state index < -0.39 is 0 Å². The highest BCUT2D eigenvalue weighted by Gasteiger charge is 2.52. The predicted octanol–water partition coefficient (Wildman–Crippen LogP) is 17.0. The summed E-state index contributed by atoms with van der Waals surface area (Å²) in [5.41, 5.74) is 21.5. The van der Waals surface area contributed by atoms with Crippen LogP contribution in [0.4, 0.5) is 17.1 Å². The van der Waals surface area contributed by atoms with E-state index in [9.17, 15) is 0 Å². The van der Waals surface area contributed by atoms with Crippen molar-refractivity contribution in [3.63, 3.8) is 0 Å². The lowest BCUT2D eigenvalue weighted by Gasteiger charge is -2.34. The molecule has 3 aliphatic carbocycles. The Labute approximate surface area is 407 Å². The summed E-state index contributed by atoms with van der Waals surface area (Å²) in [6, 6.07) is 80.9. The van der Waals surface area contributed by atoms with Gasteiger partial charge in [0.1, 0.15) is 0 Å². The number of nitrogens with zero attached hydrogens (tertiary/aromatic N) is 2. The van der Waals surface area contributed by atoms with Crippen molar-refractivity contribution >= 4 is 54.1 Å². The molecule has 328 valence electrons. The van der Waals surface area contributed by atoms with Gasteiger partial charge in [-0.2, -0.15) is 0 Å². The van der Waals surface area contributed by atoms with Gasteiger partial charge in [0, 0.05) is 49.1 Å². The summed E-state index contributed by atoms with van der Waals surface area (Å²) in [5.74, 6) is 1.27. The van der Waals surface area contributed by atoms with Crippen LogP contribution < -0.4 is 9.80 Å². The molecule has 0 radical (unpaired) electrons. The van der Waals surface area contributed by atoms with Gasteiger partial charge in [-0.15, -0.1) is 11.3 Å². The van der Waals surface area contributed by atoms with Crippen molar-refractivity contribution in [3.8, 4) is 33.4 Å². The third kappa shape index (κ3) is 6.16. The average molecular weight is 901 g/mol. The van der Waals surface area contributed by atoms with Gasteiger partial charge in [-0.3, -0.25) is 0 Å². The van der Waals surface area contributed by atoms with Crippen molar-refractivity contribution in [1.29, 1.82) is 0 Å². The Morgan fingerprint density at radius 1 is 0.420 bits per heavy atom. The van der Waals surface area contributed by atoms with Crippen LogP contribution in [0.3, 0.4) is 0 Å². The van der Waals surface area contributed by atoms with Crippen molar-refractivity contribution in [2.75, 3.05) is 9.80 Å². The molecule has 0 amide bonds. The highest BCUT2D eigenvalue weighted by Crippen LogP contribution is 2.59. The summed E-state index contributed by atoms with van der Waals surface area (Å²) >= 11 is 1.91. The molecule has 2 nitrogen and oxygen atoms in total. The van der Waals surface area contributed by atoms with Crippen LogP contribution in [0, 0.1) is 11.8 Å². The third-order valence-electron chi connectivity index (χ3n) is 16.3. The number of hydrogen-bond donors (Lipinski definition) is 0. The minimum absolute atomic E-state index is 0.251. The zero-order valence-corrected chi connectivity index (χ0v) is 38.9. The van der Waals surface area contributed by atoms with Crippen LogP contribution in [-0.2, 0) is 12.8 Å². The van der Waals surface area contributed by atoms with Crippen molar-refractivity contribution in [1.82, 2.24) is 0 Å². The molecule has 6 unspecified atom stereocenters. The van der Waals surface area contributed by atoms with Gasteiger partial charge in [-0.1, -0.05) is 164 Å². The summed E-state index contributed by atoms with van der Waals surface area (Å²) in [7, 11) is 0. The molecule has 69 heavy (non-hydrogen) atoms. The van der Waals surface area contributed by atoms with Crippen LogP contribution in [0.5, 0.6) is 0 Å². The molecule has 0 spiro atoms. The van der Waals surface area contributed by atoms with Crippen LogP contribution >= 0.6 is 11.3 Å². The fraction of sp³-hybridized carbons (Fsp3) is 0.121. The van der Waals surface area contributed by atoms with Crippen molar-refractivity contribution in [2.45, 2.75) is 36.9 Å². The van der Waals surface area contributed by atoms with E-state index in [-0.39, 0.29) is 6.04 Å².